The SMILES string of the molecule is C=C1C=C(c2ccccc2)CN(S(=O)(=O)c2ccc(C)cc2)C1OCC. The van der Waals surface area contributed by atoms with Crippen LogP contribution in [0.15, 0.2) is 77.7 Å². The summed E-state index contributed by atoms with van der Waals surface area (Å²) in [6.07, 6.45) is 1.23. The van der Waals surface area contributed by atoms with Crippen LogP contribution < -0.4 is 0 Å². The zero-order chi connectivity index (χ0) is 18.7. The molecular weight excluding hydrogens is 346 g/mol. The average Bonchev–Trinajstić information content (AvgIpc) is 2.64. The molecule has 3 rings (SSSR count). The first-order chi connectivity index (χ1) is 12.4. The molecule has 1 aliphatic rings. The number of hydrogen-bond donors (Lipinski definition) is 0. The van der Waals surface area contributed by atoms with Gasteiger partial charge in [-0.05, 0) is 42.7 Å². The van der Waals surface area contributed by atoms with Crippen molar-refractivity contribution in [3.8, 4) is 0 Å². The average molecular weight is 369 g/mol. The Morgan fingerprint density at radius 1 is 1.12 bits per heavy atom. The third-order valence-corrected chi connectivity index (χ3v) is 6.17. The van der Waals surface area contributed by atoms with Gasteiger partial charge in [0.1, 0.15) is 6.23 Å². The van der Waals surface area contributed by atoms with E-state index in [9.17, 15) is 8.42 Å². The Labute approximate surface area is 155 Å². The topological polar surface area (TPSA) is 46.6 Å². The monoisotopic (exact) mass is 369 g/mol. The summed E-state index contributed by atoms with van der Waals surface area (Å²) < 4.78 is 33.7. The molecule has 4 nitrogen and oxygen atoms in total. The number of hydrogen-bond acceptors (Lipinski definition) is 3. The predicted octanol–water partition coefficient (Wildman–Crippen LogP) is 4.00. The van der Waals surface area contributed by atoms with Crippen LogP contribution in [0, 0.1) is 6.92 Å². The molecule has 0 aromatic heterocycles. The maximum atomic E-state index is 13.3. The van der Waals surface area contributed by atoms with Crippen molar-refractivity contribution in [3.05, 3.63) is 84.0 Å². The highest BCUT2D eigenvalue weighted by molar-refractivity contribution is 7.89. The van der Waals surface area contributed by atoms with Gasteiger partial charge < -0.3 is 4.74 Å². The van der Waals surface area contributed by atoms with Crippen molar-refractivity contribution in [2.45, 2.75) is 25.0 Å². The first-order valence-corrected chi connectivity index (χ1v) is 10.0. The molecule has 2 aromatic rings. The summed E-state index contributed by atoms with van der Waals surface area (Å²) in [5, 5.41) is 0. The van der Waals surface area contributed by atoms with Gasteiger partial charge in [-0.15, -0.1) is 0 Å². The van der Waals surface area contributed by atoms with Crippen LogP contribution in [0.2, 0.25) is 0 Å². The van der Waals surface area contributed by atoms with Gasteiger partial charge in [0.15, 0.2) is 0 Å². The van der Waals surface area contributed by atoms with E-state index in [1.165, 1.54) is 4.31 Å². The fourth-order valence-corrected chi connectivity index (χ4v) is 4.52. The molecule has 0 fully saturated rings. The van der Waals surface area contributed by atoms with Gasteiger partial charge in [0, 0.05) is 13.2 Å². The molecule has 1 heterocycles. The predicted molar refractivity (Wildman–Crippen MR) is 104 cm³/mol. The van der Waals surface area contributed by atoms with E-state index >= 15 is 0 Å². The van der Waals surface area contributed by atoms with Crippen molar-refractivity contribution in [2.24, 2.45) is 0 Å². The number of benzene rings is 2. The highest BCUT2D eigenvalue weighted by atomic mass is 32.2. The first-order valence-electron chi connectivity index (χ1n) is 8.58. The summed E-state index contributed by atoms with van der Waals surface area (Å²) in [6, 6.07) is 16.6. The maximum Gasteiger partial charge on any atom is 0.245 e. The van der Waals surface area contributed by atoms with Crippen LogP contribution in [-0.2, 0) is 14.8 Å². The van der Waals surface area contributed by atoms with Gasteiger partial charge in [-0.3, -0.25) is 0 Å². The number of nitrogens with zero attached hydrogens (tertiary/aromatic N) is 1. The van der Waals surface area contributed by atoms with Crippen molar-refractivity contribution in [2.75, 3.05) is 13.2 Å². The van der Waals surface area contributed by atoms with Crippen LogP contribution in [0.4, 0.5) is 0 Å². The molecule has 0 saturated heterocycles. The van der Waals surface area contributed by atoms with Crippen LogP contribution in [0.5, 0.6) is 0 Å². The van der Waals surface area contributed by atoms with Crippen LogP contribution in [0.25, 0.3) is 5.57 Å². The van der Waals surface area contributed by atoms with Gasteiger partial charge in [0.2, 0.25) is 10.0 Å². The normalized spacial score (nSPS) is 18.6. The quantitative estimate of drug-likeness (QED) is 0.800. The second kappa shape index (κ2) is 7.58. The standard InChI is InChI=1S/C21H23NO3S/c1-4-25-21-17(3)14-19(18-8-6-5-7-9-18)15-22(21)26(23,24)20-12-10-16(2)11-13-20/h5-14,21H,3-4,15H2,1-2H3. The second-order valence-corrected chi connectivity index (χ2v) is 8.17. The molecule has 0 N–H and O–H groups in total. The summed E-state index contributed by atoms with van der Waals surface area (Å²) in [7, 11) is -3.72. The molecule has 136 valence electrons. The Morgan fingerprint density at radius 3 is 2.38 bits per heavy atom. The lowest BCUT2D eigenvalue weighted by molar-refractivity contribution is 0.0189. The van der Waals surface area contributed by atoms with Crippen LogP contribution in [0.3, 0.4) is 0 Å². The van der Waals surface area contributed by atoms with Crippen molar-refractivity contribution in [3.63, 3.8) is 0 Å². The van der Waals surface area contributed by atoms with Gasteiger partial charge in [-0.1, -0.05) is 60.7 Å². The van der Waals surface area contributed by atoms with Crippen LogP contribution >= 0.6 is 0 Å². The van der Waals surface area contributed by atoms with Crippen LogP contribution in [-0.4, -0.2) is 32.1 Å². The highest BCUT2D eigenvalue weighted by Crippen LogP contribution is 2.32. The number of ether oxygens (including phenoxy) is 1. The van der Waals surface area contributed by atoms with Gasteiger partial charge >= 0.3 is 0 Å². The van der Waals surface area contributed by atoms with Crippen molar-refractivity contribution in [1.82, 2.24) is 4.31 Å². The minimum Gasteiger partial charge on any atom is -0.358 e. The number of sulfonamides is 1. The minimum absolute atomic E-state index is 0.240. The van der Waals surface area contributed by atoms with Gasteiger partial charge in [0.25, 0.3) is 0 Å². The molecule has 2 aromatic carbocycles. The van der Waals surface area contributed by atoms with E-state index in [-0.39, 0.29) is 11.4 Å². The lowest BCUT2D eigenvalue weighted by atomic mass is 10.00. The molecule has 26 heavy (non-hydrogen) atoms. The molecule has 0 spiro atoms. The van der Waals surface area contributed by atoms with E-state index in [2.05, 4.69) is 6.58 Å². The fraction of sp³-hybridized carbons (Fsp3) is 0.238. The van der Waals surface area contributed by atoms with Crippen molar-refractivity contribution < 1.29 is 13.2 Å². The first kappa shape index (κ1) is 18.6. The maximum absolute atomic E-state index is 13.3. The van der Waals surface area contributed by atoms with Gasteiger partial charge in [-0.25, -0.2) is 8.42 Å². The molecule has 5 heteroatoms. The third-order valence-electron chi connectivity index (χ3n) is 4.36. The van der Waals surface area contributed by atoms with E-state index < -0.39 is 16.3 Å². The summed E-state index contributed by atoms with van der Waals surface area (Å²) in [4.78, 5) is 0.259. The Bertz CT molecular complexity index is 915. The van der Waals surface area contributed by atoms with E-state index in [1.54, 1.807) is 24.3 Å². The second-order valence-electron chi connectivity index (χ2n) is 6.28. The van der Waals surface area contributed by atoms with Crippen molar-refractivity contribution >= 4 is 15.6 Å². The molecule has 0 saturated carbocycles. The molecular formula is C21H23NO3S. The Balaban J connectivity index is 2.03. The summed E-state index contributed by atoms with van der Waals surface area (Å²) >= 11 is 0. The lowest BCUT2D eigenvalue weighted by Gasteiger charge is -2.35. The minimum atomic E-state index is -3.72. The molecule has 0 bridgehead atoms. The summed E-state index contributed by atoms with van der Waals surface area (Å²) in [6.45, 7) is 8.47. The number of aryl methyl sites for hydroxylation is 1. The molecule has 0 amide bonds. The third kappa shape index (κ3) is 3.65. The van der Waals surface area contributed by atoms with E-state index in [4.69, 9.17) is 4.74 Å². The summed E-state index contributed by atoms with van der Waals surface area (Å²) in [5.74, 6) is 0. The molecule has 0 radical (unpaired) electrons. The van der Waals surface area contributed by atoms with E-state index in [1.807, 2.05) is 50.3 Å². The van der Waals surface area contributed by atoms with Gasteiger partial charge in [-0.2, -0.15) is 4.31 Å². The van der Waals surface area contributed by atoms with E-state index in [0.29, 0.717) is 12.2 Å². The molecule has 1 atom stereocenters. The Morgan fingerprint density at radius 2 is 1.77 bits per heavy atom. The largest absolute Gasteiger partial charge is 0.358 e. The zero-order valence-corrected chi connectivity index (χ0v) is 15.9. The number of rotatable bonds is 5. The summed E-state index contributed by atoms with van der Waals surface area (Å²) in [5.41, 5.74) is 3.53. The smallest absolute Gasteiger partial charge is 0.245 e. The molecule has 1 unspecified atom stereocenters. The van der Waals surface area contributed by atoms with Crippen LogP contribution in [0.1, 0.15) is 18.1 Å². The van der Waals surface area contributed by atoms with Gasteiger partial charge in [0.05, 0.1) is 4.90 Å². The zero-order valence-electron chi connectivity index (χ0n) is 15.1. The van der Waals surface area contributed by atoms with Crippen molar-refractivity contribution in [1.29, 1.82) is 0 Å². The fourth-order valence-electron chi connectivity index (χ4n) is 3.01. The highest BCUT2D eigenvalue weighted by Gasteiger charge is 2.36. The Hall–Kier alpha value is -2.21. The Kier molecular flexibility index (Phi) is 5.41. The molecule has 1 aliphatic heterocycles. The molecule has 0 aliphatic carbocycles. The van der Waals surface area contributed by atoms with E-state index in [0.717, 1.165) is 16.7 Å². The lowest BCUT2D eigenvalue weighted by Crippen LogP contribution is -2.45.